The van der Waals surface area contributed by atoms with Crippen molar-refractivity contribution in [2.75, 3.05) is 25.2 Å². The number of carbonyl (C=O) groups is 3. The molecule has 0 aliphatic carbocycles. The highest BCUT2D eigenvalue weighted by molar-refractivity contribution is 6.07. The van der Waals surface area contributed by atoms with Crippen LogP contribution in [0.5, 0.6) is 5.75 Å². The van der Waals surface area contributed by atoms with Crippen LogP contribution in [0.4, 0.5) is 5.69 Å². The third-order valence-corrected chi connectivity index (χ3v) is 6.72. The van der Waals surface area contributed by atoms with Gasteiger partial charge < -0.3 is 25.4 Å². The summed E-state index contributed by atoms with van der Waals surface area (Å²) in [6, 6.07) is 21.5. The minimum atomic E-state index is -0.575. The van der Waals surface area contributed by atoms with Crippen LogP contribution in [0.3, 0.4) is 0 Å². The Morgan fingerprint density at radius 3 is 2.25 bits per heavy atom. The van der Waals surface area contributed by atoms with Gasteiger partial charge in [0.15, 0.2) is 0 Å². The Morgan fingerprint density at radius 1 is 1.02 bits per heavy atom. The van der Waals surface area contributed by atoms with Gasteiger partial charge in [0, 0.05) is 12.1 Å². The van der Waals surface area contributed by atoms with Gasteiger partial charge >= 0.3 is 5.97 Å². The highest BCUT2D eigenvalue weighted by Crippen LogP contribution is 2.35. The van der Waals surface area contributed by atoms with Crippen molar-refractivity contribution < 1.29 is 23.9 Å². The average molecular weight is 565 g/mol. The van der Waals surface area contributed by atoms with E-state index in [-0.39, 0.29) is 49.1 Å². The predicted octanol–water partition coefficient (Wildman–Crippen LogP) is 4.17. The molecule has 1 heterocycles. The van der Waals surface area contributed by atoms with Crippen molar-refractivity contribution in [1.29, 1.82) is 5.41 Å². The van der Waals surface area contributed by atoms with Crippen LogP contribution < -0.4 is 20.7 Å². The summed E-state index contributed by atoms with van der Waals surface area (Å²) in [5.74, 6) is -0.904. The predicted molar refractivity (Wildman–Crippen MR) is 156 cm³/mol. The van der Waals surface area contributed by atoms with Gasteiger partial charge in [-0.05, 0) is 48.7 Å². The monoisotopic (exact) mass is 564 g/mol. The molecule has 40 heavy (non-hydrogen) atoms. The third kappa shape index (κ3) is 6.79. The van der Waals surface area contributed by atoms with Gasteiger partial charge in [0.1, 0.15) is 18.2 Å². The van der Waals surface area contributed by atoms with Crippen LogP contribution in [0, 0.1) is 11.3 Å². The third-order valence-electron chi connectivity index (χ3n) is 6.72. The lowest BCUT2D eigenvalue weighted by molar-refractivity contribution is -0.143. The number of nitrogen functional groups attached to an aromatic ring is 1. The number of amides is 2. The van der Waals surface area contributed by atoms with E-state index in [0.717, 1.165) is 11.1 Å². The number of carbonyl (C=O) groups excluding carboxylic acids is 3. The molecule has 10 heteroatoms. The van der Waals surface area contributed by atoms with Crippen molar-refractivity contribution >= 4 is 41.7 Å². The topological polar surface area (TPSA) is 135 Å². The molecule has 1 aliphatic heterocycles. The number of nitrogens with zero attached hydrogens (tertiary/aromatic N) is 1. The van der Waals surface area contributed by atoms with Crippen molar-refractivity contribution in [1.82, 2.24) is 5.32 Å². The Kier molecular flexibility index (Phi) is 10.3. The van der Waals surface area contributed by atoms with Crippen molar-refractivity contribution in [3.05, 3.63) is 83.9 Å². The van der Waals surface area contributed by atoms with Crippen molar-refractivity contribution in [2.24, 2.45) is 11.7 Å². The number of nitrogens with two attached hydrogens (primary N) is 1. The SMILES string of the molecule is CCNC(=O)c1ccccc1N1C(=O)[C@H](CC(=O)OC)C[C@H]1COc1ccc(-c2ccc(C(=N)N)cc2)cc1.Cl. The molecular weight excluding hydrogens is 532 g/mol. The summed E-state index contributed by atoms with van der Waals surface area (Å²) in [6.07, 6.45) is 0.348. The van der Waals surface area contributed by atoms with Gasteiger partial charge in [-0.3, -0.25) is 19.8 Å². The van der Waals surface area contributed by atoms with Crippen molar-refractivity contribution in [3.8, 4) is 16.9 Å². The molecule has 4 rings (SSSR count). The highest BCUT2D eigenvalue weighted by Gasteiger charge is 2.43. The highest BCUT2D eigenvalue weighted by atomic mass is 35.5. The quantitative estimate of drug-likeness (QED) is 0.192. The first-order valence-corrected chi connectivity index (χ1v) is 12.8. The van der Waals surface area contributed by atoms with Crippen LogP contribution in [0.2, 0.25) is 0 Å². The van der Waals surface area contributed by atoms with Gasteiger partial charge in [-0.2, -0.15) is 0 Å². The van der Waals surface area contributed by atoms with Gasteiger partial charge in [0.2, 0.25) is 5.91 Å². The van der Waals surface area contributed by atoms with E-state index in [0.29, 0.717) is 35.5 Å². The standard InChI is InChI=1S/C30H32N4O5.ClH/c1-3-33-29(36)25-6-4-5-7-26(25)34-23(16-22(30(34)37)17-27(35)38-2)18-39-24-14-12-20(13-15-24)19-8-10-21(11-9-19)28(31)32;/h4-15,22-23H,3,16-18H2,1-2H3,(H3,31,32)(H,33,36);1H/t22-,23-;/m0./s1. The first kappa shape index (κ1) is 30.2. The minimum Gasteiger partial charge on any atom is -0.491 e. The molecule has 9 nitrogen and oxygen atoms in total. The van der Waals surface area contributed by atoms with E-state index in [1.54, 1.807) is 41.3 Å². The summed E-state index contributed by atoms with van der Waals surface area (Å²) in [7, 11) is 1.30. The lowest BCUT2D eigenvalue weighted by Crippen LogP contribution is -2.39. The smallest absolute Gasteiger partial charge is 0.306 e. The molecule has 0 bridgehead atoms. The number of hydrogen-bond acceptors (Lipinski definition) is 6. The molecule has 0 unspecified atom stereocenters. The normalized spacial score (nSPS) is 16.1. The fourth-order valence-electron chi connectivity index (χ4n) is 4.73. The maximum atomic E-state index is 13.5. The van der Waals surface area contributed by atoms with E-state index in [2.05, 4.69) is 5.32 Å². The van der Waals surface area contributed by atoms with Crippen LogP contribution in [0.15, 0.2) is 72.8 Å². The molecule has 1 aliphatic rings. The molecule has 0 spiro atoms. The maximum absolute atomic E-state index is 13.5. The van der Waals surface area contributed by atoms with Gasteiger partial charge in [0.25, 0.3) is 5.91 Å². The molecule has 1 fully saturated rings. The van der Waals surface area contributed by atoms with Crippen LogP contribution >= 0.6 is 12.4 Å². The largest absolute Gasteiger partial charge is 0.491 e. The molecular formula is C30H33ClN4O5. The Morgan fingerprint density at radius 2 is 1.65 bits per heavy atom. The number of halogens is 1. The number of rotatable bonds is 10. The van der Waals surface area contributed by atoms with E-state index >= 15 is 0 Å². The fourth-order valence-corrected chi connectivity index (χ4v) is 4.73. The molecule has 3 aromatic rings. The number of ether oxygens (including phenoxy) is 2. The van der Waals surface area contributed by atoms with Gasteiger partial charge in [-0.1, -0.05) is 48.5 Å². The van der Waals surface area contributed by atoms with E-state index < -0.39 is 11.9 Å². The van der Waals surface area contributed by atoms with Crippen LogP contribution in [-0.2, 0) is 14.3 Å². The second-order valence-corrected chi connectivity index (χ2v) is 9.28. The molecule has 0 aromatic heterocycles. The number of hydrogen-bond donors (Lipinski definition) is 3. The summed E-state index contributed by atoms with van der Waals surface area (Å²) >= 11 is 0. The Bertz CT molecular complexity index is 1360. The number of esters is 1. The summed E-state index contributed by atoms with van der Waals surface area (Å²) in [6.45, 7) is 2.46. The summed E-state index contributed by atoms with van der Waals surface area (Å²) in [4.78, 5) is 39.8. The number of benzene rings is 3. The lowest BCUT2D eigenvalue weighted by atomic mass is 10.0. The lowest BCUT2D eigenvalue weighted by Gasteiger charge is -2.27. The van der Waals surface area contributed by atoms with Gasteiger partial charge in [-0.25, -0.2) is 0 Å². The number of para-hydroxylation sites is 1. The summed E-state index contributed by atoms with van der Waals surface area (Å²) in [5.41, 5.74) is 9.02. The Labute approximate surface area is 239 Å². The van der Waals surface area contributed by atoms with Crippen LogP contribution in [0.25, 0.3) is 11.1 Å². The zero-order valence-corrected chi connectivity index (χ0v) is 23.2. The summed E-state index contributed by atoms with van der Waals surface area (Å²) < 4.78 is 10.9. The number of anilines is 1. The molecule has 2 amide bonds. The maximum Gasteiger partial charge on any atom is 0.306 e. The average Bonchev–Trinajstić information content (AvgIpc) is 3.26. The zero-order chi connectivity index (χ0) is 27.9. The Balaban J connectivity index is 0.00000441. The van der Waals surface area contributed by atoms with E-state index in [1.807, 2.05) is 43.3 Å². The fraction of sp³-hybridized carbons (Fsp3) is 0.267. The molecule has 2 atom stereocenters. The zero-order valence-electron chi connectivity index (χ0n) is 22.4. The van der Waals surface area contributed by atoms with Crippen molar-refractivity contribution in [3.63, 3.8) is 0 Å². The number of nitrogens with one attached hydrogen (secondary N) is 2. The van der Waals surface area contributed by atoms with E-state index in [1.165, 1.54) is 7.11 Å². The van der Waals surface area contributed by atoms with E-state index in [9.17, 15) is 14.4 Å². The molecule has 0 saturated carbocycles. The first-order chi connectivity index (χ1) is 18.8. The molecule has 1 saturated heterocycles. The second-order valence-electron chi connectivity index (χ2n) is 9.28. The van der Waals surface area contributed by atoms with E-state index in [4.69, 9.17) is 20.6 Å². The van der Waals surface area contributed by atoms with Crippen LogP contribution in [-0.4, -0.2) is 49.9 Å². The second kappa shape index (κ2) is 13.6. The molecule has 3 aromatic carbocycles. The number of amidine groups is 1. The van der Waals surface area contributed by atoms with Crippen molar-refractivity contribution in [2.45, 2.75) is 25.8 Å². The molecule has 210 valence electrons. The van der Waals surface area contributed by atoms with Gasteiger partial charge in [-0.15, -0.1) is 12.4 Å². The molecule has 0 radical (unpaired) electrons. The molecule has 4 N–H and O–H groups in total. The van der Waals surface area contributed by atoms with Crippen LogP contribution in [0.1, 0.15) is 35.7 Å². The minimum absolute atomic E-state index is 0. The summed E-state index contributed by atoms with van der Waals surface area (Å²) in [5, 5.41) is 10.3. The first-order valence-electron chi connectivity index (χ1n) is 12.8. The van der Waals surface area contributed by atoms with Gasteiger partial charge in [0.05, 0.1) is 36.7 Å². The number of methoxy groups -OCH3 is 1. The Hall–Kier alpha value is -4.37.